The van der Waals surface area contributed by atoms with E-state index in [0.717, 1.165) is 5.56 Å². The van der Waals surface area contributed by atoms with Gasteiger partial charge in [0.2, 0.25) is 5.91 Å². The standard InChI is InChI=1S/C16H26N2O2/c1-5-20-12-14-9-7-6-8-13(14)10-17-11-15(19)18-16(2,3)4/h6-9,17H,5,10-12H2,1-4H3,(H,18,19). The number of nitrogens with one attached hydrogen (secondary N) is 2. The zero-order chi connectivity index (χ0) is 15.0. The minimum atomic E-state index is -0.189. The minimum Gasteiger partial charge on any atom is -0.377 e. The number of hydrogen-bond acceptors (Lipinski definition) is 3. The quantitative estimate of drug-likeness (QED) is 0.804. The first-order valence-corrected chi connectivity index (χ1v) is 7.08. The Morgan fingerprint density at radius 1 is 1.20 bits per heavy atom. The van der Waals surface area contributed by atoms with Crippen molar-refractivity contribution in [3.8, 4) is 0 Å². The molecule has 0 aliphatic heterocycles. The lowest BCUT2D eigenvalue weighted by Crippen LogP contribution is -2.44. The van der Waals surface area contributed by atoms with E-state index in [1.165, 1.54) is 5.56 Å². The minimum absolute atomic E-state index is 0.0137. The second-order valence-electron chi connectivity index (χ2n) is 5.81. The molecule has 1 aromatic rings. The van der Waals surface area contributed by atoms with E-state index in [0.29, 0.717) is 26.3 Å². The second kappa shape index (κ2) is 8.02. The molecular weight excluding hydrogens is 252 g/mol. The largest absolute Gasteiger partial charge is 0.377 e. The molecule has 0 atom stereocenters. The van der Waals surface area contributed by atoms with Gasteiger partial charge in [-0.3, -0.25) is 4.79 Å². The lowest BCUT2D eigenvalue weighted by Gasteiger charge is -2.20. The Morgan fingerprint density at radius 3 is 2.45 bits per heavy atom. The van der Waals surface area contributed by atoms with Crippen molar-refractivity contribution in [2.24, 2.45) is 0 Å². The summed E-state index contributed by atoms with van der Waals surface area (Å²) in [7, 11) is 0. The molecule has 20 heavy (non-hydrogen) atoms. The average Bonchev–Trinajstić information content (AvgIpc) is 2.35. The molecule has 0 saturated carbocycles. The molecule has 0 unspecified atom stereocenters. The van der Waals surface area contributed by atoms with Gasteiger partial charge >= 0.3 is 0 Å². The Labute approximate surface area is 121 Å². The topological polar surface area (TPSA) is 50.4 Å². The van der Waals surface area contributed by atoms with Gasteiger partial charge in [0.15, 0.2) is 0 Å². The molecule has 4 heteroatoms. The summed E-state index contributed by atoms with van der Waals surface area (Å²) in [5.74, 6) is 0.0137. The molecule has 1 aromatic carbocycles. The maximum Gasteiger partial charge on any atom is 0.234 e. The number of benzene rings is 1. The molecule has 2 N–H and O–H groups in total. The third kappa shape index (κ3) is 6.68. The number of ether oxygens (including phenoxy) is 1. The van der Waals surface area contributed by atoms with Crippen LogP contribution in [0.4, 0.5) is 0 Å². The van der Waals surface area contributed by atoms with Crippen LogP contribution < -0.4 is 10.6 Å². The lowest BCUT2D eigenvalue weighted by atomic mass is 10.1. The highest BCUT2D eigenvalue weighted by molar-refractivity contribution is 5.78. The van der Waals surface area contributed by atoms with Crippen LogP contribution in [0.25, 0.3) is 0 Å². The van der Waals surface area contributed by atoms with Crippen molar-refractivity contribution in [2.45, 2.75) is 46.4 Å². The van der Waals surface area contributed by atoms with E-state index in [2.05, 4.69) is 22.8 Å². The molecule has 0 saturated heterocycles. The molecule has 1 amide bonds. The molecule has 0 spiro atoms. The van der Waals surface area contributed by atoms with Crippen molar-refractivity contribution in [3.05, 3.63) is 35.4 Å². The van der Waals surface area contributed by atoms with Crippen LogP contribution >= 0.6 is 0 Å². The van der Waals surface area contributed by atoms with Crippen molar-refractivity contribution in [1.82, 2.24) is 10.6 Å². The lowest BCUT2D eigenvalue weighted by molar-refractivity contribution is -0.121. The first-order valence-electron chi connectivity index (χ1n) is 7.08. The molecule has 112 valence electrons. The number of carbonyl (C=O) groups is 1. The Hall–Kier alpha value is -1.39. The fourth-order valence-electron chi connectivity index (χ4n) is 1.86. The van der Waals surface area contributed by atoms with E-state index in [-0.39, 0.29) is 11.4 Å². The van der Waals surface area contributed by atoms with Gasteiger partial charge in [0, 0.05) is 18.7 Å². The van der Waals surface area contributed by atoms with Crippen LogP contribution in [0.2, 0.25) is 0 Å². The summed E-state index contributed by atoms with van der Waals surface area (Å²) in [6.07, 6.45) is 0. The first kappa shape index (κ1) is 16.7. The van der Waals surface area contributed by atoms with E-state index in [9.17, 15) is 4.79 Å². The fraction of sp³-hybridized carbons (Fsp3) is 0.562. The van der Waals surface area contributed by atoms with Gasteiger partial charge in [-0.2, -0.15) is 0 Å². The summed E-state index contributed by atoms with van der Waals surface area (Å²) >= 11 is 0. The van der Waals surface area contributed by atoms with E-state index in [4.69, 9.17) is 4.74 Å². The van der Waals surface area contributed by atoms with E-state index < -0.39 is 0 Å². The zero-order valence-corrected chi connectivity index (χ0v) is 13.0. The van der Waals surface area contributed by atoms with Crippen molar-refractivity contribution < 1.29 is 9.53 Å². The predicted molar refractivity (Wildman–Crippen MR) is 81.4 cm³/mol. The molecular formula is C16H26N2O2. The molecule has 0 fully saturated rings. The first-order chi connectivity index (χ1) is 9.42. The molecule has 0 aromatic heterocycles. The van der Waals surface area contributed by atoms with E-state index >= 15 is 0 Å². The average molecular weight is 278 g/mol. The molecule has 0 aliphatic carbocycles. The van der Waals surface area contributed by atoms with E-state index in [1.54, 1.807) is 0 Å². The van der Waals surface area contributed by atoms with Gasteiger partial charge < -0.3 is 15.4 Å². The van der Waals surface area contributed by atoms with Crippen molar-refractivity contribution >= 4 is 5.91 Å². The monoisotopic (exact) mass is 278 g/mol. The van der Waals surface area contributed by atoms with Gasteiger partial charge in [0.25, 0.3) is 0 Å². The second-order valence-corrected chi connectivity index (χ2v) is 5.81. The smallest absolute Gasteiger partial charge is 0.234 e. The third-order valence-electron chi connectivity index (χ3n) is 2.70. The van der Waals surface area contributed by atoms with Crippen molar-refractivity contribution in [3.63, 3.8) is 0 Å². The number of rotatable bonds is 7. The van der Waals surface area contributed by atoms with Crippen LogP contribution in [0.3, 0.4) is 0 Å². The summed E-state index contributed by atoms with van der Waals surface area (Å²) in [6.45, 7) is 10.2. The summed E-state index contributed by atoms with van der Waals surface area (Å²) < 4.78 is 5.45. The summed E-state index contributed by atoms with van der Waals surface area (Å²) in [6, 6.07) is 8.12. The molecule has 4 nitrogen and oxygen atoms in total. The van der Waals surface area contributed by atoms with Gasteiger partial charge in [-0.1, -0.05) is 24.3 Å². The van der Waals surface area contributed by atoms with Crippen molar-refractivity contribution in [1.29, 1.82) is 0 Å². The molecule has 0 aliphatic rings. The van der Waals surface area contributed by atoms with Crippen molar-refractivity contribution in [2.75, 3.05) is 13.2 Å². The Kier molecular flexibility index (Phi) is 6.68. The van der Waals surface area contributed by atoms with Crippen LogP contribution in [0.15, 0.2) is 24.3 Å². The number of carbonyl (C=O) groups excluding carboxylic acids is 1. The van der Waals surface area contributed by atoms with Crippen LogP contribution in [0, 0.1) is 0 Å². The maximum atomic E-state index is 11.7. The highest BCUT2D eigenvalue weighted by Crippen LogP contribution is 2.09. The highest BCUT2D eigenvalue weighted by atomic mass is 16.5. The normalized spacial score (nSPS) is 11.4. The van der Waals surface area contributed by atoms with Gasteiger partial charge in [-0.15, -0.1) is 0 Å². The SMILES string of the molecule is CCOCc1ccccc1CNCC(=O)NC(C)(C)C. The predicted octanol–water partition coefficient (Wildman–Crippen LogP) is 2.23. The van der Waals surface area contributed by atoms with Gasteiger partial charge in [-0.05, 0) is 38.8 Å². The van der Waals surface area contributed by atoms with Crippen LogP contribution in [0.1, 0.15) is 38.8 Å². The summed E-state index contributed by atoms with van der Waals surface area (Å²) in [4.78, 5) is 11.7. The fourth-order valence-corrected chi connectivity index (χ4v) is 1.86. The number of amides is 1. The van der Waals surface area contributed by atoms with Gasteiger partial charge in [0.05, 0.1) is 13.2 Å². The summed E-state index contributed by atoms with van der Waals surface area (Å²) in [5, 5.41) is 6.10. The van der Waals surface area contributed by atoms with Gasteiger partial charge in [0.1, 0.15) is 0 Å². The van der Waals surface area contributed by atoms with Crippen LogP contribution in [0.5, 0.6) is 0 Å². The summed E-state index contributed by atoms with van der Waals surface area (Å²) in [5.41, 5.74) is 2.15. The van der Waals surface area contributed by atoms with Crippen LogP contribution in [-0.2, 0) is 22.7 Å². The third-order valence-corrected chi connectivity index (χ3v) is 2.70. The zero-order valence-electron chi connectivity index (χ0n) is 13.0. The van der Waals surface area contributed by atoms with Crippen LogP contribution in [-0.4, -0.2) is 24.6 Å². The number of hydrogen-bond donors (Lipinski definition) is 2. The Bertz CT molecular complexity index is 425. The molecule has 1 rings (SSSR count). The van der Waals surface area contributed by atoms with Gasteiger partial charge in [-0.25, -0.2) is 0 Å². The Morgan fingerprint density at radius 2 is 1.85 bits per heavy atom. The van der Waals surface area contributed by atoms with E-state index in [1.807, 2.05) is 39.8 Å². The molecule has 0 heterocycles. The molecule has 0 radical (unpaired) electrons. The molecule has 0 bridgehead atoms. The maximum absolute atomic E-state index is 11.7. The Balaban J connectivity index is 2.43. The highest BCUT2D eigenvalue weighted by Gasteiger charge is 2.13.